The highest BCUT2D eigenvalue weighted by Crippen LogP contribution is 2.27. The van der Waals surface area contributed by atoms with Crippen molar-refractivity contribution in [2.45, 2.75) is 12.3 Å². The molecule has 0 spiro atoms. The summed E-state index contributed by atoms with van der Waals surface area (Å²) < 4.78 is 0. The van der Waals surface area contributed by atoms with Gasteiger partial charge < -0.3 is 11.1 Å². The summed E-state index contributed by atoms with van der Waals surface area (Å²) in [5, 5.41) is 3.47. The molecule has 2 aromatic heterocycles. The first-order valence-corrected chi connectivity index (χ1v) is 6.00. The van der Waals surface area contributed by atoms with Crippen LogP contribution in [0.4, 0.5) is 0 Å². The summed E-state index contributed by atoms with van der Waals surface area (Å²) in [6.07, 6.45) is 2.24. The molecule has 0 saturated carbocycles. The quantitative estimate of drug-likeness (QED) is 0.809. The van der Waals surface area contributed by atoms with E-state index in [0.717, 1.165) is 5.39 Å². The van der Waals surface area contributed by atoms with Crippen molar-refractivity contribution >= 4 is 22.8 Å². The number of fused-ring (bicyclic) bond motifs is 1. The van der Waals surface area contributed by atoms with Gasteiger partial charge in [0.25, 0.3) is 5.91 Å². The molecule has 0 aliphatic carbocycles. The number of rotatable bonds is 2. The minimum absolute atomic E-state index is 0.120. The standard InChI is InChI=1S/C13H12N4O2/c14-11(18)9-6-7-2-1-4-15-12(7)17-10(9)8-3-5-16-13(8)19/h1-2,4,6,8H,3,5H2,(H2,14,18)(H,16,19)/t8-/m0/s1. The fourth-order valence-electron chi connectivity index (χ4n) is 2.34. The first-order chi connectivity index (χ1) is 9.16. The van der Waals surface area contributed by atoms with Crippen molar-refractivity contribution in [3.05, 3.63) is 35.7 Å². The van der Waals surface area contributed by atoms with Crippen LogP contribution in [0, 0.1) is 0 Å². The lowest BCUT2D eigenvalue weighted by molar-refractivity contribution is -0.120. The Morgan fingerprint density at radius 1 is 1.47 bits per heavy atom. The molecule has 0 unspecified atom stereocenters. The molecule has 0 aromatic carbocycles. The van der Waals surface area contributed by atoms with Crippen LogP contribution < -0.4 is 11.1 Å². The smallest absolute Gasteiger partial charge is 0.250 e. The Hall–Kier alpha value is -2.50. The van der Waals surface area contributed by atoms with Crippen molar-refractivity contribution < 1.29 is 9.59 Å². The van der Waals surface area contributed by atoms with E-state index in [2.05, 4.69) is 15.3 Å². The van der Waals surface area contributed by atoms with Gasteiger partial charge in [0, 0.05) is 18.1 Å². The highest BCUT2D eigenvalue weighted by Gasteiger charge is 2.30. The Bertz CT molecular complexity index is 683. The summed E-state index contributed by atoms with van der Waals surface area (Å²) in [6.45, 7) is 0.587. The van der Waals surface area contributed by atoms with E-state index in [1.165, 1.54) is 0 Å². The second-order valence-corrected chi connectivity index (χ2v) is 4.47. The van der Waals surface area contributed by atoms with Crippen molar-refractivity contribution in [1.82, 2.24) is 15.3 Å². The average Bonchev–Trinajstić information content (AvgIpc) is 2.83. The third kappa shape index (κ3) is 1.91. The van der Waals surface area contributed by atoms with Crippen LogP contribution in [0.3, 0.4) is 0 Å². The van der Waals surface area contributed by atoms with E-state index in [9.17, 15) is 9.59 Å². The SMILES string of the molecule is NC(=O)c1cc2cccnc2nc1[C@@H]1CCNC1=O. The van der Waals surface area contributed by atoms with Crippen LogP contribution in [0.2, 0.25) is 0 Å². The number of carbonyl (C=O) groups excluding carboxylic acids is 2. The highest BCUT2D eigenvalue weighted by molar-refractivity contribution is 5.99. The Labute approximate surface area is 109 Å². The van der Waals surface area contributed by atoms with E-state index < -0.39 is 11.8 Å². The summed E-state index contributed by atoms with van der Waals surface area (Å²) >= 11 is 0. The number of hydrogen-bond donors (Lipinski definition) is 2. The summed E-state index contributed by atoms with van der Waals surface area (Å²) in [7, 11) is 0. The van der Waals surface area contributed by atoms with E-state index in [4.69, 9.17) is 5.73 Å². The van der Waals surface area contributed by atoms with Gasteiger partial charge >= 0.3 is 0 Å². The Balaban J connectivity index is 2.23. The monoisotopic (exact) mass is 256 g/mol. The van der Waals surface area contributed by atoms with Crippen molar-refractivity contribution in [3.8, 4) is 0 Å². The number of aromatic nitrogens is 2. The average molecular weight is 256 g/mol. The first kappa shape index (κ1) is 11.6. The Morgan fingerprint density at radius 3 is 3.00 bits per heavy atom. The van der Waals surface area contributed by atoms with Crippen LogP contribution in [0.25, 0.3) is 11.0 Å². The molecule has 0 radical (unpaired) electrons. The zero-order chi connectivity index (χ0) is 13.4. The number of nitrogens with zero attached hydrogens (tertiary/aromatic N) is 2. The van der Waals surface area contributed by atoms with E-state index in [-0.39, 0.29) is 5.91 Å². The fraction of sp³-hybridized carbons (Fsp3) is 0.231. The van der Waals surface area contributed by atoms with Gasteiger partial charge in [-0.1, -0.05) is 0 Å². The normalized spacial score (nSPS) is 18.5. The van der Waals surface area contributed by atoms with E-state index in [0.29, 0.717) is 29.9 Å². The number of amides is 2. The van der Waals surface area contributed by atoms with Crippen LogP contribution in [-0.4, -0.2) is 28.3 Å². The van der Waals surface area contributed by atoms with E-state index in [1.807, 2.05) is 0 Å². The maximum atomic E-state index is 11.8. The van der Waals surface area contributed by atoms with Crippen molar-refractivity contribution in [1.29, 1.82) is 0 Å². The van der Waals surface area contributed by atoms with E-state index in [1.54, 1.807) is 24.4 Å². The topological polar surface area (TPSA) is 98.0 Å². The van der Waals surface area contributed by atoms with Gasteiger partial charge in [0.1, 0.15) is 0 Å². The molecule has 2 aromatic rings. The number of pyridine rings is 2. The largest absolute Gasteiger partial charge is 0.366 e. The minimum atomic E-state index is -0.576. The van der Waals surface area contributed by atoms with Crippen LogP contribution >= 0.6 is 0 Å². The first-order valence-electron chi connectivity index (χ1n) is 6.00. The molecule has 1 atom stereocenters. The summed E-state index contributed by atoms with van der Waals surface area (Å²) in [6, 6.07) is 5.22. The van der Waals surface area contributed by atoms with E-state index >= 15 is 0 Å². The van der Waals surface area contributed by atoms with Gasteiger partial charge in [0.05, 0.1) is 17.2 Å². The molecule has 1 aliphatic heterocycles. The van der Waals surface area contributed by atoms with Gasteiger partial charge in [0.15, 0.2) is 5.65 Å². The van der Waals surface area contributed by atoms with Crippen LogP contribution in [0.1, 0.15) is 28.4 Å². The Morgan fingerprint density at radius 2 is 2.32 bits per heavy atom. The zero-order valence-corrected chi connectivity index (χ0v) is 10.1. The van der Waals surface area contributed by atoms with Crippen LogP contribution in [0.15, 0.2) is 24.4 Å². The van der Waals surface area contributed by atoms with Crippen molar-refractivity contribution in [3.63, 3.8) is 0 Å². The fourth-order valence-corrected chi connectivity index (χ4v) is 2.34. The maximum Gasteiger partial charge on any atom is 0.250 e. The molecule has 3 rings (SSSR count). The van der Waals surface area contributed by atoms with Gasteiger partial charge in [-0.25, -0.2) is 9.97 Å². The van der Waals surface area contributed by atoms with Gasteiger partial charge in [-0.05, 0) is 24.6 Å². The highest BCUT2D eigenvalue weighted by atomic mass is 16.2. The minimum Gasteiger partial charge on any atom is -0.366 e. The molecule has 3 N–H and O–H groups in total. The lowest BCUT2D eigenvalue weighted by Gasteiger charge is -2.11. The number of hydrogen-bond acceptors (Lipinski definition) is 4. The van der Waals surface area contributed by atoms with Gasteiger partial charge in [0.2, 0.25) is 5.91 Å². The van der Waals surface area contributed by atoms with Gasteiger partial charge in [-0.15, -0.1) is 0 Å². The molecule has 0 bridgehead atoms. The second kappa shape index (κ2) is 4.31. The predicted molar refractivity (Wildman–Crippen MR) is 68.4 cm³/mol. The molecule has 96 valence electrons. The molecular weight excluding hydrogens is 244 g/mol. The third-order valence-corrected chi connectivity index (χ3v) is 3.26. The molecule has 6 heteroatoms. The third-order valence-electron chi connectivity index (χ3n) is 3.26. The Kier molecular flexibility index (Phi) is 2.63. The molecule has 2 amide bonds. The van der Waals surface area contributed by atoms with Gasteiger partial charge in [-0.2, -0.15) is 0 Å². The maximum absolute atomic E-state index is 11.8. The molecule has 1 aliphatic rings. The number of nitrogens with two attached hydrogens (primary N) is 1. The molecule has 1 fully saturated rings. The van der Waals surface area contributed by atoms with Crippen LogP contribution in [0.5, 0.6) is 0 Å². The second-order valence-electron chi connectivity index (χ2n) is 4.47. The number of carbonyl (C=O) groups is 2. The molecule has 1 saturated heterocycles. The molecular formula is C13H12N4O2. The van der Waals surface area contributed by atoms with Gasteiger partial charge in [-0.3, -0.25) is 9.59 Å². The number of nitrogens with one attached hydrogen (secondary N) is 1. The molecule has 6 nitrogen and oxygen atoms in total. The van der Waals surface area contributed by atoms with Crippen molar-refractivity contribution in [2.24, 2.45) is 5.73 Å². The summed E-state index contributed by atoms with van der Waals surface area (Å²) in [5.41, 5.74) is 6.62. The number of primary amides is 1. The zero-order valence-electron chi connectivity index (χ0n) is 10.1. The lowest BCUT2D eigenvalue weighted by Crippen LogP contribution is -2.22. The predicted octanol–water partition coefficient (Wildman–Crippen LogP) is 0.332. The lowest BCUT2D eigenvalue weighted by atomic mass is 9.97. The van der Waals surface area contributed by atoms with Crippen LogP contribution in [-0.2, 0) is 4.79 Å². The molecule has 19 heavy (non-hydrogen) atoms. The molecule has 3 heterocycles. The summed E-state index contributed by atoms with van der Waals surface area (Å²) in [5.74, 6) is -1.12. The summed E-state index contributed by atoms with van der Waals surface area (Å²) in [4.78, 5) is 31.8. The van der Waals surface area contributed by atoms with Crippen molar-refractivity contribution in [2.75, 3.05) is 6.54 Å².